The summed E-state index contributed by atoms with van der Waals surface area (Å²) in [4.78, 5) is 15.9. The van der Waals surface area contributed by atoms with Crippen LogP contribution in [0.1, 0.15) is 24.2 Å². The molecule has 0 aliphatic heterocycles. The predicted octanol–water partition coefficient (Wildman–Crippen LogP) is 4.32. The van der Waals surface area contributed by atoms with Crippen LogP contribution in [0, 0.1) is 5.92 Å². The summed E-state index contributed by atoms with van der Waals surface area (Å²) in [6.07, 6.45) is 3.05. The van der Waals surface area contributed by atoms with Crippen molar-refractivity contribution in [3.63, 3.8) is 0 Å². The second-order valence-electron chi connectivity index (χ2n) is 5.93. The fourth-order valence-electron chi connectivity index (χ4n) is 2.57. The van der Waals surface area contributed by atoms with Crippen molar-refractivity contribution in [2.45, 2.75) is 20.4 Å². The minimum absolute atomic E-state index is 0.0242. The highest BCUT2D eigenvalue weighted by Gasteiger charge is 2.17. The molecule has 0 spiro atoms. The molecule has 0 aliphatic rings. The van der Waals surface area contributed by atoms with Crippen LogP contribution in [0.4, 0.5) is 5.69 Å². The van der Waals surface area contributed by atoms with Gasteiger partial charge in [0.15, 0.2) is 5.69 Å². The summed E-state index contributed by atoms with van der Waals surface area (Å²) in [5.74, 6) is -0.0939. The molecule has 1 N–H and O–H groups in total. The van der Waals surface area contributed by atoms with Crippen LogP contribution in [0.3, 0.4) is 0 Å². The van der Waals surface area contributed by atoms with Gasteiger partial charge < -0.3 is 9.67 Å². The standard InChI is InChI=1S/C18H18N4O2/c1-12(2)11-22-15-6-4-3-5-14(15)16(18(22)24)20-21-17(23)13-7-9-19-10-8-13/h3-10,12,24H,11H2,1-2H3. The summed E-state index contributed by atoms with van der Waals surface area (Å²) < 4.78 is 1.80. The zero-order valence-electron chi connectivity index (χ0n) is 13.5. The largest absolute Gasteiger partial charge is 0.493 e. The van der Waals surface area contributed by atoms with Crippen molar-refractivity contribution < 1.29 is 9.90 Å². The van der Waals surface area contributed by atoms with Crippen molar-refractivity contribution in [2.75, 3.05) is 0 Å². The highest BCUT2D eigenvalue weighted by atomic mass is 16.3. The second kappa shape index (κ2) is 6.62. The number of carbonyl (C=O) groups is 1. The molecule has 0 saturated heterocycles. The molecule has 0 radical (unpaired) electrons. The summed E-state index contributed by atoms with van der Waals surface area (Å²) in [6, 6.07) is 10.7. The second-order valence-corrected chi connectivity index (χ2v) is 5.93. The number of hydrogen-bond acceptors (Lipinski definition) is 4. The highest BCUT2D eigenvalue weighted by molar-refractivity contribution is 5.97. The molecule has 0 aliphatic carbocycles. The number of amides is 1. The molecule has 0 fully saturated rings. The van der Waals surface area contributed by atoms with Gasteiger partial charge in [0.1, 0.15) is 0 Å². The Bertz CT molecular complexity index is 898. The number of fused-ring (bicyclic) bond motifs is 1. The summed E-state index contributed by atoms with van der Waals surface area (Å²) in [5, 5.41) is 19.1. The third-order valence-corrected chi connectivity index (χ3v) is 3.63. The molecule has 2 aromatic heterocycles. The van der Waals surface area contributed by atoms with E-state index in [1.807, 2.05) is 24.3 Å². The Morgan fingerprint density at radius 2 is 1.92 bits per heavy atom. The first-order chi connectivity index (χ1) is 11.6. The molecule has 2 heterocycles. The number of hydrogen-bond donors (Lipinski definition) is 1. The molecule has 6 nitrogen and oxygen atoms in total. The van der Waals surface area contributed by atoms with Gasteiger partial charge in [-0.1, -0.05) is 32.0 Å². The molecule has 0 unspecified atom stereocenters. The molecule has 0 bridgehead atoms. The number of nitrogens with zero attached hydrogens (tertiary/aromatic N) is 4. The smallest absolute Gasteiger partial charge is 0.295 e. The summed E-state index contributed by atoms with van der Waals surface area (Å²) in [7, 11) is 0. The van der Waals surface area contributed by atoms with E-state index >= 15 is 0 Å². The Balaban J connectivity index is 2.02. The van der Waals surface area contributed by atoms with Gasteiger partial charge in [0.2, 0.25) is 5.88 Å². The minimum atomic E-state index is -0.475. The first-order valence-corrected chi connectivity index (χ1v) is 7.74. The maximum Gasteiger partial charge on any atom is 0.295 e. The zero-order valence-corrected chi connectivity index (χ0v) is 13.5. The number of pyridine rings is 1. The Hall–Kier alpha value is -3.02. The average Bonchev–Trinajstić information content (AvgIpc) is 2.85. The van der Waals surface area contributed by atoms with E-state index in [2.05, 4.69) is 29.1 Å². The van der Waals surface area contributed by atoms with Gasteiger partial charge in [0.05, 0.1) is 5.52 Å². The van der Waals surface area contributed by atoms with Crippen molar-refractivity contribution in [1.29, 1.82) is 0 Å². The van der Waals surface area contributed by atoms with Gasteiger partial charge in [0.25, 0.3) is 5.91 Å². The number of carbonyl (C=O) groups excluding carboxylic acids is 1. The van der Waals surface area contributed by atoms with Gasteiger partial charge in [-0.25, -0.2) is 0 Å². The normalized spacial score (nSPS) is 11.6. The molecule has 24 heavy (non-hydrogen) atoms. The van der Waals surface area contributed by atoms with Crippen molar-refractivity contribution in [3.05, 3.63) is 54.4 Å². The first-order valence-electron chi connectivity index (χ1n) is 7.74. The van der Waals surface area contributed by atoms with E-state index in [-0.39, 0.29) is 5.88 Å². The quantitative estimate of drug-likeness (QED) is 0.726. The van der Waals surface area contributed by atoms with Crippen LogP contribution >= 0.6 is 0 Å². The van der Waals surface area contributed by atoms with Gasteiger partial charge in [-0.15, -0.1) is 10.2 Å². The predicted molar refractivity (Wildman–Crippen MR) is 91.5 cm³/mol. The van der Waals surface area contributed by atoms with E-state index in [0.717, 1.165) is 10.9 Å². The first kappa shape index (κ1) is 15.9. The topological polar surface area (TPSA) is 79.8 Å². The van der Waals surface area contributed by atoms with Crippen LogP contribution in [0.25, 0.3) is 10.9 Å². The van der Waals surface area contributed by atoms with E-state index in [4.69, 9.17) is 0 Å². The average molecular weight is 322 g/mol. The maximum absolute atomic E-state index is 12.1. The summed E-state index contributed by atoms with van der Waals surface area (Å²) in [5.41, 5.74) is 1.59. The molecular weight excluding hydrogens is 304 g/mol. The number of rotatable bonds is 4. The van der Waals surface area contributed by atoms with Gasteiger partial charge in [-0.05, 0) is 24.1 Å². The van der Waals surface area contributed by atoms with Crippen LogP contribution in [-0.4, -0.2) is 20.6 Å². The molecule has 0 saturated carbocycles. The highest BCUT2D eigenvalue weighted by Crippen LogP contribution is 2.39. The minimum Gasteiger partial charge on any atom is -0.493 e. The lowest BCUT2D eigenvalue weighted by Crippen LogP contribution is -2.03. The Morgan fingerprint density at radius 1 is 1.21 bits per heavy atom. The lowest BCUT2D eigenvalue weighted by atomic mass is 10.2. The number of para-hydroxylation sites is 1. The van der Waals surface area contributed by atoms with E-state index in [0.29, 0.717) is 23.7 Å². The third-order valence-electron chi connectivity index (χ3n) is 3.63. The van der Waals surface area contributed by atoms with Gasteiger partial charge >= 0.3 is 0 Å². The van der Waals surface area contributed by atoms with E-state index in [1.165, 1.54) is 12.4 Å². The fraction of sp³-hybridized carbons (Fsp3) is 0.222. The van der Waals surface area contributed by atoms with Crippen molar-refractivity contribution in [2.24, 2.45) is 16.1 Å². The number of benzene rings is 1. The van der Waals surface area contributed by atoms with E-state index in [9.17, 15) is 9.90 Å². The molecule has 122 valence electrons. The Labute approximate surface area is 139 Å². The maximum atomic E-state index is 12.1. The zero-order chi connectivity index (χ0) is 17.1. The van der Waals surface area contributed by atoms with Crippen molar-refractivity contribution in [3.8, 4) is 5.88 Å². The lowest BCUT2D eigenvalue weighted by Gasteiger charge is -2.09. The van der Waals surface area contributed by atoms with Gasteiger partial charge in [0, 0.05) is 29.9 Å². The third kappa shape index (κ3) is 3.03. The SMILES string of the molecule is CC(C)Cn1c(O)c(N=NC(=O)c2ccncc2)c2ccccc21. The lowest BCUT2D eigenvalue weighted by molar-refractivity contribution is 0.0995. The van der Waals surface area contributed by atoms with Crippen molar-refractivity contribution >= 4 is 22.5 Å². The van der Waals surface area contributed by atoms with Crippen LogP contribution in [0.15, 0.2) is 59.0 Å². The molecule has 3 rings (SSSR count). The van der Waals surface area contributed by atoms with Crippen LogP contribution in [-0.2, 0) is 6.54 Å². The Morgan fingerprint density at radius 3 is 2.62 bits per heavy atom. The molecule has 3 aromatic rings. The Kier molecular flexibility index (Phi) is 4.37. The monoisotopic (exact) mass is 322 g/mol. The fourth-order valence-corrected chi connectivity index (χ4v) is 2.57. The van der Waals surface area contributed by atoms with E-state index in [1.54, 1.807) is 16.7 Å². The molecule has 1 amide bonds. The van der Waals surface area contributed by atoms with Gasteiger partial charge in [-0.2, -0.15) is 0 Å². The molecule has 6 heteroatoms. The van der Waals surface area contributed by atoms with Crippen LogP contribution < -0.4 is 0 Å². The molecular formula is C18H18N4O2. The summed E-state index contributed by atoms with van der Waals surface area (Å²) in [6.45, 7) is 4.80. The number of azo groups is 1. The molecule has 0 atom stereocenters. The summed E-state index contributed by atoms with van der Waals surface area (Å²) >= 11 is 0. The van der Waals surface area contributed by atoms with Crippen LogP contribution in [0.2, 0.25) is 0 Å². The van der Waals surface area contributed by atoms with Crippen LogP contribution in [0.5, 0.6) is 5.88 Å². The van der Waals surface area contributed by atoms with Crippen molar-refractivity contribution in [1.82, 2.24) is 9.55 Å². The number of aromatic nitrogens is 2. The van der Waals surface area contributed by atoms with Gasteiger partial charge in [-0.3, -0.25) is 9.78 Å². The van der Waals surface area contributed by atoms with E-state index < -0.39 is 5.91 Å². The molecule has 1 aromatic carbocycles. The number of aromatic hydroxyl groups is 1.